The van der Waals surface area contributed by atoms with Crippen molar-refractivity contribution in [1.29, 1.82) is 0 Å². The Morgan fingerprint density at radius 2 is 1.32 bits per heavy atom. The normalized spacial score (nSPS) is 20.0. The van der Waals surface area contributed by atoms with Crippen molar-refractivity contribution in [3.8, 4) is 5.75 Å². The van der Waals surface area contributed by atoms with E-state index in [1.165, 1.54) is 0 Å². The largest absolute Gasteiger partial charge is 0.497 e. The molecule has 0 aromatic heterocycles. The van der Waals surface area contributed by atoms with Gasteiger partial charge in [-0.3, -0.25) is 19.3 Å². The smallest absolute Gasteiger partial charge is 0.262 e. The maximum absolute atomic E-state index is 13.3. The quantitative estimate of drug-likeness (QED) is 0.460. The van der Waals surface area contributed by atoms with E-state index in [-0.39, 0.29) is 5.91 Å². The minimum absolute atomic E-state index is 0.318. The van der Waals surface area contributed by atoms with Gasteiger partial charge in [-0.2, -0.15) is 0 Å². The summed E-state index contributed by atoms with van der Waals surface area (Å²) in [4.78, 5) is 42.1. The number of hydrogen-bond donors (Lipinski definition) is 0. The second kappa shape index (κ2) is 7.25. The number of hydrogen-bond acceptors (Lipinski definition) is 4. The first kappa shape index (κ1) is 19.3. The van der Waals surface area contributed by atoms with E-state index in [2.05, 4.69) is 0 Å². The van der Waals surface area contributed by atoms with E-state index in [4.69, 9.17) is 16.3 Å². The molecule has 7 heteroatoms. The van der Waals surface area contributed by atoms with Crippen LogP contribution >= 0.6 is 11.6 Å². The molecule has 0 saturated carbocycles. The second-order valence-corrected chi connectivity index (χ2v) is 7.81. The lowest BCUT2D eigenvalue weighted by molar-refractivity contribution is -0.130. The van der Waals surface area contributed by atoms with Crippen LogP contribution in [0.2, 0.25) is 5.02 Å². The molecule has 2 aliphatic heterocycles. The van der Waals surface area contributed by atoms with Gasteiger partial charge in [0.2, 0.25) is 0 Å². The second-order valence-electron chi connectivity index (χ2n) is 7.37. The van der Waals surface area contributed by atoms with Gasteiger partial charge < -0.3 is 9.64 Å². The van der Waals surface area contributed by atoms with Crippen LogP contribution in [-0.2, 0) is 4.79 Å². The lowest BCUT2D eigenvalue weighted by Crippen LogP contribution is -2.67. The average Bonchev–Trinajstić information content (AvgIpc) is 3.04. The molecule has 0 bridgehead atoms. The number of methoxy groups -OCH3 is 1. The zero-order valence-electron chi connectivity index (χ0n) is 16.5. The molecule has 0 radical (unpaired) electrons. The minimum Gasteiger partial charge on any atom is -0.497 e. The van der Waals surface area contributed by atoms with E-state index in [1.54, 1.807) is 84.8 Å². The van der Waals surface area contributed by atoms with Crippen LogP contribution in [0.3, 0.4) is 0 Å². The summed E-state index contributed by atoms with van der Waals surface area (Å²) in [5.74, 6) is -0.559. The van der Waals surface area contributed by atoms with Gasteiger partial charge in [0.05, 0.1) is 24.3 Å². The van der Waals surface area contributed by atoms with Crippen LogP contribution in [0.15, 0.2) is 72.8 Å². The van der Waals surface area contributed by atoms with Crippen molar-refractivity contribution in [2.45, 2.75) is 12.1 Å². The van der Waals surface area contributed by atoms with Crippen molar-refractivity contribution in [2.75, 3.05) is 12.0 Å². The molecule has 2 atom stereocenters. The summed E-state index contributed by atoms with van der Waals surface area (Å²) in [6, 6.07) is 19.3. The summed E-state index contributed by atoms with van der Waals surface area (Å²) in [7, 11) is 1.57. The van der Waals surface area contributed by atoms with Crippen LogP contribution in [0.25, 0.3) is 0 Å². The molecule has 5 rings (SSSR count). The zero-order chi connectivity index (χ0) is 21.7. The highest BCUT2D eigenvalue weighted by Gasteiger charge is 2.57. The predicted molar refractivity (Wildman–Crippen MR) is 115 cm³/mol. The minimum atomic E-state index is -0.935. The van der Waals surface area contributed by atoms with Gasteiger partial charge >= 0.3 is 0 Å². The third-order valence-electron chi connectivity index (χ3n) is 5.73. The molecule has 2 unspecified atom stereocenters. The standard InChI is InChI=1S/C24H17ClN2O4/c1-31-17-12-10-16(11-13-17)26-20(14-6-8-15(25)9-7-14)21(24(26)30)27-22(28)18-4-2-3-5-19(18)23(27)29/h2-13,20-21H,1H3. The number of β-lactam (4-membered cyclic amide) rings is 1. The van der Waals surface area contributed by atoms with Crippen molar-refractivity contribution in [2.24, 2.45) is 0 Å². The Bertz CT molecular complexity index is 1170. The SMILES string of the molecule is COc1ccc(N2C(=O)C(N3C(=O)c4ccccc4C3=O)C2c2ccc(Cl)cc2)cc1. The fraction of sp³-hybridized carbons (Fsp3) is 0.125. The highest BCUT2D eigenvalue weighted by molar-refractivity contribution is 6.30. The first-order chi connectivity index (χ1) is 15.0. The topological polar surface area (TPSA) is 66.9 Å². The number of anilines is 1. The van der Waals surface area contributed by atoms with Gasteiger partial charge in [-0.05, 0) is 54.1 Å². The third-order valence-corrected chi connectivity index (χ3v) is 5.99. The Hall–Kier alpha value is -3.64. The molecule has 1 saturated heterocycles. The van der Waals surface area contributed by atoms with Crippen molar-refractivity contribution in [1.82, 2.24) is 4.90 Å². The molecule has 2 aliphatic rings. The van der Waals surface area contributed by atoms with Crippen LogP contribution in [0.5, 0.6) is 5.75 Å². The number of nitrogens with zero attached hydrogens (tertiary/aromatic N) is 2. The van der Waals surface area contributed by atoms with E-state index < -0.39 is 23.9 Å². The van der Waals surface area contributed by atoms with E-state index in [0.29, 0.717) is 27.6 Å². The molecule has 2 heterocycles. The van der Waals surface area contributed by atoms with Crippen molar-refractivity contribution in [3.63, 3.8) is 0 Å². The van der Waals surface area contributed by atoms with Crippen molar-refractivity contribution in [3.05, 3.63) is 94.5 Å². The number of carbonyl (C=O) groups excluding carboxylic acids is 3. The molecule has 0 aliphatic carbocycles. The average molecular weight is 433 g/mol. The maximum atomic E-state index is 13.3. The summed E-state index contributed by atoms with van der Waals surface area (Å²) in [6.07, 6.45) is 0. The first-order valence-electron chi connectivity index (χ1n) is 9.71. The Kier molecular flexibility index (Phi) is 4.52. The number of benzene rings is 3. The highest BCUT2D eigenvalue weighted by atomic mass is 35.5. The highest BCUT2D eigenvalue weighted by Crippen LogP contribution is 2.44. The number of fused-ring (bicyclic) bond motifs is 1. The molecule has 0 N–H and O–H groups in total. The van der Waals surface area contributed by atoms with E-state index in [1.807, 2.05) is 0 Å². The lowest BCUT2D eigenvalue weighted by atomic mass is 9.86. The van der Waals surface area contributed by atoms with Crippen LogP contribution in [0.1, 0.15) is 32.3 Å². The van der Waals surface area contributed by atoms with Crippen molar-refractivity contribution >= 4 is 35.0 Å². The van der Waals surface area contributed by atoms with E-state index in [9.17, 15) is 14.4 Å². The number of imide groups is 1. The zero-order valence-corrected chi connectivity index (χ0v) is 17.2. The fourth-order valence-electron chi connectivity index (χ4n) is 4.21. The van der Waals surface area contributed by atoms with Crippen LogP contribution in [-0.4, -0.2) is 35.8 Å². The van der Waals surface area contributed by atoms with Gasteiger partial charge in [0.25, 0.3) is 17.7 Å². The van der Waals surface area contributed by atoms with Crippen molar-refractivity contribution < 1.29 is 19.1 Å². The number of halogens is 1. The Morgan fingerprint density at radius 3 is 1.87 bits per heavy atom. The summed E-state index contributed by atoms with van der Waals surface area (Å²) < 4.78 is 5.20. The van der Waals surface area contributed by atoms with Gasteiger partial charge in [-0.1, -0.05) is 35.9 Å². The monoisotopic (exact) mass is 432 g/mol. The number of carbonyl (C=O) groups is 3. The number of ether oxygens (including phenoxy) is 1. The number of amides is 3. The molecule has 1 fully saturated rings. The van der Waals surface area contributed by atoms with Gasteiger partial charge in [0, 0.05) is 10.7 Å². The number of rotatable bonds is 4. The lowest BCUT2D eigenvalue weighted by Gasteiger charge is -2.49. The van der Waals surface area contributed by atoms with Gasteiger partial charge in [-0.25, -0.2) is 0 Å². The van der Waals surface area contributed by atoms with Gasteiger partial charge in [0.1, 0.15) is 11.8 Å². The summed E-state index contributed by atoms with van der Waals surface area (Å²) in [5, 5.41) is 0.558. The Labute approximate surface area is 183 Å². The summed E-state index contributed by atoms with van der Waals surface area (Å²) in [6.45, 7) is 0. The van der Waals surface area contributed by atoms with Crippen LogP contribution in [0.4, 0.5) is 5.69 Å². The fourth-order valence-corrected chi connectivity index (χ4v) is 4.33. The molecule has 154 valence electrons. The maximum Gasteiger partial charge on any atom is 0.262 e. The molecule has 3 aromatic carbocycles. The summed E-state index contributed by atoms with van der Waals surface area (Å²) >= 11 is 6.05. The molecule has 3 amide bonds. The van der Waals surface area contributed by atoms with Gasteiger partial charge in [0.15, 0.2) is 0 Å². The Morgan fingerprint density at radius 1 is 0.742 bits per heavy atom. The molecule has 0 spiro atoms. The third kappa shape index (κ3) is 2.91. The van der Waals surface area contributed by atoms with Gasteiger partial charge in [-0.15, -0.1) is 0 Å². The van der Waals surface area contributed by atoms with Crippen LogP contribution in [0, 0.1) is 0 Å². The molecule has 3 aromatic rings. The molecular formula is C24H17ClN2O4. The molecule has 6 nitrogen and oxygen atoms in total. The van der Waals surface area contributed by atoms with E-state index >= 15 is 0 Å². The predicted octanol–water partition coefficient (Wildman–Crippen LogP) is 4.10. The Balaban J connectivity index is 1.57. The van der Waals surface area contributed by atoms with Crippen LogP contribution < -0.4 is 9.64 Å². The van der Waals surface area contributed by atoms with E-state index in [0.717, 1.165) is 10.5 Å². The molecular weight excluding hydrogens is 416 g/mol. The molecule has 31 heavy (non-hydrogen) atoms. The first-order valence-corrected chi connectivity index (χ1v) is 10.1. The summed E-state index contributed by atoms with van der Waals surface area (Å²) in [5.41, 5.74) is 2.07.